The minimum absolute atomic E-state index is 0.214. The molecule has 2 unspecified atom stereocenters. The van der Waals surface area contributed by atoms with Gasteiger partial charge in [-0.25, -0.2) is 4.68 Å². The van der Waals surface area contributed by atoms with Gasteiger partial charge in [0.2, 0.25) is 0 Å². The first kappa shape index (κ1) is 16.6. The van der Waals surface area contributed by atoms with Gasteiger partial charge >= 0.3 is 0 Å². The van der Waals surface area contributed by atoms with Crippen molar-refractivity contribution >= 4 is 15.9 Å². The van der Waals surface area contributed by atoms with E-state index in [0.29, 0.717) is 0 Å². The first-order valence-electron chi connectivity index (χ1n) is 7.98. The molecule has 2 atom stereocenters. The van der Waals surface area contributed by atoms with Crippen LogP contribution in [0.15, 0.2) is 28.9 Å². The molecule has 0 bridgehead atoms. The van der Waals surface area contributed by atoms with E-state index < -0.39 is 0 Å². The molecule has 23 heavy (non-hydrogen) atoms. The number of halogens is 1. The maximum Gasteiger partial charge on any atom is 0.128 e. The van der Waals surface area contributed by atoms with Crippen LogP contribution in [0.3, 0.4) is 0 Å². The molecule has 5 nitrogen and oxygen atoms in total. The highest BCUT2D eigenvalue weighted by Gasteiger charge is 2.21. The van der Waals surface area contributed by atoms with Crippen molar-refractivity contribution in [3.63, 3.8) is 0 Å². The van der Waals surface area contributed by atoms with E-state index in [2.05, 4.69) is 45.3 Å². The number of methoxy groups -OCH3 is 1. The number of benzene rings is 1. The average Bonchev–Trinajstić information content (AvgIpc) is 3.01. The van der Waals surface area contributed by atoms with Gasteiger partial charge in [0, 0.05) is 18.2 Å². The van der Waals surface area contributed by atoms with Crippen LogP contribution in [-0.2, 0) is 16.0 Å². The van der Waals surface area contributed by atoms with Crippen LogP contribution in [-0.4, -0.2) is 34.8 Å². The maximum absolute atomic E-state index is 5.77. The lowest BCUT2D eigenvalue weighted by Crippen LogP contribution is -2.24. The van der Waals surface area contributed by atoms with Crippen LogP contribution in [0.2, 0.25) is 0 Å². The van der Waals surface area contributed by atoms with Crippen LogP contribution in [0.1, 0.15) is 42.2 Å². The second-order valence-electron chi connectivity index (χ2n) is 5.97. The molecule has 0 saturated carbocycles. The summed E-state index contributed by atoms with van der Waals surface area (Å²) in [5.74, 6) is 0. The predicted molar refractivity (Wildman–Crippen MR) is 91.3 cm³/mol. The summed E-state index contributed by atoms with van der Waals surface area (Å²) in [5.41, 5.74) is 3.09. The van der Waals surface area contributed by atoms with Crippen molar-refractivity contribution in [2.45, 2.75) is 44.9 Å². The molecule has 1 aliphatic rings. The summed E-state index contributed by atoms with van der Waals surface area (Å²) in [6.45, 7) is 3.68. The molecule has 1 fully saturated rings. The molecular formula is C17H22BrN3O2. The number of aryl methyl sites for hydroxylation is 1. The third-order valence-electron chi connectivity index (χ3n) is 4.25. The normalized spacial score (nSPS) is 19.7. The molecule has 0 aliphatic carbocycles. The van der Waals surface area contributed by atoms with E-state index in [4.69, 9.17) is 9.47 Å². The van der Waals surface area contributed by atoms with Crippen molar-refractivity contribution in [1.82, 2.24) is 15.0 Å². The van der Waals surface area contributed by atoms with Crippen LogP contribution in [0.5, 0.6) is 0 Å². The smallest absolute Gasteiger partial charge is 0.128 e. The summed E-state index contributed by atoms with van der Waals surface area (Å²) in [6.07, 6.45) is 5.47. The molecule has 0 spiro atoms. The lowest BCUT2D eigenvalue weighted by molar-refractivity contribution is 0.00368. The summed E-state index contributed by atoms with van der Waals surface area (Å²) in [5, 5.41) is 8.57. The Labute approximate surface area is 145 Å². The first-order chi connectivity index (χ1) is 11.2. The lowest BCUT2D eigenvalue weighted by Gasteiger charge is -2.22. The number of hydrogen-bond acceptors (Lipinski definition) is 4. The topological polar surface area (TPSA) is 49.2 Å². The van der Waals surface area contributed by atoms with E-state index in [1.807, 2.05) is 16.9 Å². The van der Waals surface area contributed by atoms with Crippen LogP contribution in [0.4, 0.5) is 0 Å². The largest absolute Gasteiger partial charge is 0.376 e. The fourth-order valence-electron chi connectivity index (χ4n) is 2.98. The molecule has 0 radical (unpaired) electrons. The van der Waals surface area contributed by atoms with Crippen LogP contribution >= 0.6 is 15.9 Å². The Balaban J connectivity index is 1.78. The van der Waals surface area contributed by atoms with E-state index in [9.17, 15) is 0 Å². The van der Waals surface area contributed by atoms with Crippen molar-refractivity contribution in [3.05, 3.63) is 45.7 Å². The van der Waals surface area contributed by atoms with Gasteiger partial charge in [-0.05, 0) is 49.4 Å². The van der Waals surface area contributed by atoms with Crippen LogP contribution < -0.4 is 0 Å². The molecule has 124 valence electrons. The number of hydrogen-bond donors (Lipinski definition) is 0. The molecule has 3 rings (SSSR count). The van der Waals surface area contributed by atoms with Gasteiger partial charge in [-0.3, -0.25) is 0 Å². The lowest BCUT2D eigenvalue weighted by atomic mass is 10.0. The molecule has 0 amide bonds. The SMILES string of the molecule is COC(c1cn(CC2CCCCO2)nn1)c1cc(Br)ccc1C. The Hall–Kier alpha value is -1.24. The highest BCUT2D eigenvalue weighted by atomic mass is 79.9. The van der Waals surface area contributed by atoms with Crippen LogP contribution in [0.25, 0.3) is 0 Å². The third kappa shape index (κ3) is 4.00. The van der Waals surface area contributed by atoms with Gasteiger partial charge in [0.15, 0.2) is 0 Å². The van der Waals surface area contributed by atoms with E-state index in [1.54, 1.807) is 7.11 Å². The van der Waals surface area contributed by atoms with E-state index in [-0.39, 0.29) is 12.2 Å². The molecule has 1 saturated heterocycles. The van der Waals surface area contributed by atoms with Crippen molar-refractivity contribution in [3.8, 4) is 0 Å². The maximum atomic E-state index is 5.77. The molecule has 2 heterocycles. The number of nitrogens with zero attached hydrogens (tertiary/aromatic N) is 3. The summed E-state index contributed by atoms with van der Waals surface area (Å²) >= 11 is 3.52. The highest BCUT2D eigenvalue weighted by Crippen LogP contribution is 2.29. The zero-order valence-electron chi connectivity index (χ0n) is 13.5. The molecule has 1 aromatic heterocycles. The zero-order valence-corrected chi connectivity index (χ0v) is 15.1. The molecule has 1 aliphatic heterocycles. The Morgan fingerprint density at radius 1 is 1.43 bits per heavy atom. The predicted octanol–water partition coefficient (Wildman–Crippen LogP) is 3.65. The summed E-state index contributed by atoms with van der Waals surface area (Å²) in [7, 11) is 1.70. The number of rotatable bonds is 5. The Kier molecular flexibility index (Phi) is 5.46. The summed E-state index contributed by atoms with van der Waals surface area (Å²) < 4.78 is 14.4. The van der Waals surface area contributed by atoms with E-state index in [1.165, 1.54) is 12.0 Å². The van der Waals surface area contributed by atoms with Gasteiger partial charge in [0.25, 0.3) is 0 Å². The van der Waals surface area contributed by atoms with Crippen molar-refractivity contribution in [2.24, 2.45) is 0 Å². The van der Waals surface area contributed by atoms with Crippen LogP contribution in [0, 0.1) is 6.92 Å². The number of ether oxygens (including phenoxy) is 2. The Morgan fingerprint density at radius 2 is 2.30 bits per heavy atom. The minimum atomic E-state index is -0.214. The highest BCUT2D eigenvalue weighted by molar-refractivity contribution is 9.10. The zero-order chi connectivity index (χ0) is 16.2. The van der Waals surface area contributed by atoms with Gasteiger partial charge in [-0.2, -0.15) is 0 Å². The molecule has 1 aromatic carbocycles. The Bertz CT molecular complexity index is 653. The summed E-state index contributed by atoms with van der Waals surface area (Å²) in [6, 6.07) is 6.18. The minimum Gasteiger partial charge on any atom is -0.376 e. The van der Waals surface area contributed by atoms with E-state index in [0.717, 1.165) is 41.7 Å². The molecular weight excluding hydrogens is 358 g/mol. The second kappa shape index (κ2) is 7.55. The van der Waals surface area contributed by atoms with Crippen molar-refractivity contribution < 1.29 is 9.47 Å². The van der Waals surface area contributed by atoms with Gasteiger partial charge < -0.3 is 9.47 Å². The van der Waals surface area contributed by atoms with Gasteiger partial charge in [-0.1, -0.05) is 27.2 Å². The monoisotopic (exact) mass is 379 g/mol. The Morgan fingerprint density at radius 3 is 3.04 bits per heavy atom. The van der Waals surface area contributed by atoms with Gasteiger partial charge in [-0.15, -0.1) is 5.10 Å². The standard InChI is InChI=1S/C17H22BrN3O2/c1-12-6-7-13(18)9-15(12)17(22-2)16-11-21(20-19-16)10-14-5-3-4-8-23-14/h6-7,9,11,14,17H,3-5,8,10H2,1-2H3. The van der Waals surface area contributed by atoms with Gasteiger partial charge in [0.1, 0.15) is 11.8 Å². The molecule has 6 heteroatoms. The third-order valence-corrected chi connectivity index (χ3v) is 4.74. The summed E-state index contributed by atoms with van der Waals surface area (Å²) in [4.78, 5) is 0. The first-order valence-corrected chi connectivity index (χ1v) is 8.77. The molecule has 2 aromatic rings. The second-order valence-corrected chi connectivity index (χ2v) is 6.89. The number of aromatic nitrogens is 3. The fourth-order valence-corrected chi connectivity index (χ4v) is 3.36. The van der Waals surface area contributed by atoms with Crippen molar-refractivity contribution in [2.75, 3.05) is 13.7 Å². The average molecular weight is 380 g/mol. The quantitative estimate of drug-likeness (QED) is 0.795. The van der Waals surface area contributed by atoms with Gasteiger partial charge in [0.05, 0.1) is 18.8 Å². The fraction of sp³-hybridized carbons (Fsp3) is 0.529. The molecule has 0 N–H and O–H groups in total. The van der Waals surface area contributed by atoms with Crippen molar-refractivity contribution in [1.29, 1.82) is 0 Å². The van der Waals surface area contributed by atoms with E-state index >= 15 is 0 Å².